The average molecular weight is 447 g/mol. The molecule has 0 aliphatic heterocycles. The molecule has 166 valence electrons. The third-order valence-corrected chi connectivity index (χ3v) is 4.97. The molecule has 2 N–H and O–H groups in total. The molecule has 2 aromatic rings. The Balaban J connectivity index is 2.23. The first-order chi connectivity index (χ1) is 14.0. The van der Waals surface area contributed by atoms with Crippen LogP contribution in [0.2, 0.25) is 0 Å². The van der Waals surface area contributed by atoms with Gasteiger partial charge in [-0.2, -0.15) is 13.2 Å². The van der Waals surface area contributed by atoms with Crippen LogP contribution in [0.1, 0.15) is 37.9 Å². The van der Waals surface area contributed by atoms with Crippen LogP contribution in [0.15, 0.2) is 33.9 Å². The Morgan fingerprint density at radius 2 is 2.00 bits per heavy atom. The molecule has 2 rings (SSSR count). The maximum atomic E-state index is 13.0. The maximum Gasteiger partial charge on any atom is 0.416 e. The summed E-state index contributed by atoms with van der Waals surface area (Å²) in [6.07, 6.45) is -2.25. The number of nitrogens with one attached hydrogen (secondary N) is 2. The number of hydrogen-bond acceptors (Lipinski definition) is 7. The molecule has 8 nitrogen and oxygen atoms in total. The van der Waals surface area contributed by atoms with Crippen molar-refractivity contribution < 1.29 is 26.2 Å². The molecule has 1 unspecified atom stereocenters. The van der Waals surface area contributed by atoms with E-state index in [0.29, 0.717) is 36.6 Å². The normalized spacial score (nSPS) is 14.0. The summed E-state index contributed by atoms with van der Waals surface area (Å²) in [6, 6.07) is 4.73. The molecule has 12 heteroatoms. The number of alkyl halides is 3. The van der Waals surface area contributed by atoms with Gasteiger partial charge in [0.25, 0.3) is 0 Å². The molecule has 1 atom stereocenters. The van der Waals surface area contributed by atoms with E-state index in [1.807, 2.05) is 13.8 Å². The van der Waals surface area contributed by atoms with Crippen molar-refractivity contribution in [3.63, 3.8) is 0 Å². The standard InChI is InChI=1S/C18H24F3N5O3S/c1-4-12(2)15(24-14-8-5-7-13(11-14)18(19,20)21)16-17(26-29-25-16)22-9-6-10-23-30(3,27)28/h5,7-8,11-12,23H,4,6,9-10H2,1-3H3,(H,22,26). The molecule has 0 saturated carbocycles. The minimum atomic E-state index is -4.47. The van der Waals surface area contributed by atoms with E-state index in [9.17, 15) is 21.6 Å². The minimum Gasteiger partial charge on any atom is -0.365 e. The highest BCUT2D eigenvalue weighted by Crippen LogP contribution is 2.32. The fraction of sp³-hybridized carbons (Fsp3) is 0.500. The Labute approximate surface area is 173 Å². The van der Waals surface area contributed by atoms with Gasteiger partial charge in [-0.15, -0.1) is 0 Å². The van der Waals surface area contributed by atoms with Crippen LogP contribution in [0.4, 0.5) is 24.7 Å². The summed E-state index contributed by atoms with van der Waals surface area (Å²) >= 11 is 0. The predicted octanol–water partition coefficient (Wildman–Crippen LogP) is 3.61. The number of benzene rings is 1. The van der Waals surface area contributed by atoms with Crippen LogP contribution in [0.5, 0.6) is 0 Å². The van der Waals surface area contributed by atoms with Gasteiger partial charge in [-0.1, -0.05) is 19.9 Å². The van der Waals surface area contributed by atoms with Crippen molar-refractivity contribution >= 4 is 27.2 Å². The van der Waals surface area contributed by atoms with Gasteiger partial charge in [0.2, 0.25) is 10.0 Å². The number of halogens is 3. The molecule has 0 saturated heterocycles. The van der Waals surface area contributed by atoms with E-state index in [1.54, 1.807) is 0 Å². The predicted molar refractivity (Wildman–Crippen MR) is 107 cm³/mol. The van der Waals surface area contributed by atoms with E-state index < -0.39 is 21.8 Å². The number of aliphatic imine (C=N–C) groups is 1. The molecule has 0 spiro atoms. The summed E-state index contributed by atoms with van der Waals surface area (Å²) in [7, 11) is -3.27. The van der Waals surface area contributed by atoms with Crippen molar-refractivity contribution in [1.29, 1.82) is 0 Å². The van der Waals surface area contributed by atoms with Gasteiger partial charge in [0.15, 0.2) is 11.5 Å². The monoisotopic (exact) mass is 447 g/mol. The number of hydrogen-bond donors (Lipinski definition) is 2. The van der Waals surface area contributed by atoms with Gasteiger partial charge in [0, 0.05) is 19.0 Å². The Bertz CT molecular complexity index is 973. The third kappa shape index (κ3) is 7.10. The lowest BCUT2D eigenvalue weighted by molar-refractivity contribution is -0.137. The second-order valence-electron chi connectivity index (χ2n) is 6.76. The van der Waals surface area contributed by atoms with Gasteiger partial charge in [-0.3, -0.25) is 4.99 Å². The lowest BCUT2D eigenvalue weighted by Crippen LogP contribution is -2.24. The highest BCUT2D eigenvalue weighted by molar-refractivity contribution is 7.88. The summed E-state index contributed by atoms with van der Waals surface area (Å²) < 4.78 is 68.4. The van der Waals surface area contributed by atoms with Gasteiger partial charge >= 0.3 is 6.18 Å². The zero-order valence-electron chi connectivity index (χ0n) is 16.8. The smallest absolute Gasteiger partial charge is 0.365 e. The molecule has 0 aliphatic carbocycles. The van der Waals surface area contributed by atoms with Crippen LogP contribution in [0.25, 0.3) is 0 Å². The number of anilines is 1. The van der Waals surface area contributed by atoms with E-state index in [0.717, 1.165) is 18.4 Å². The van der Waals surface area contributed by atoms with E-state index in [1.165, 1.54) is 12.1 Å². The highest BCUT2D eigenvalue weighted by Gasteiger charge is 2.30. The van der Waals surface area contributed by atoms with Gasteiger partial charge in [-0.05, 0) is 41.4 Å². The van der Waals surface area contributed by atoms with E-state index in [4.69, 9.17) is 4.63 Å². The van der Waals surface area contributed by atoms with Crippen molar-refractivity contribution in [3.05, 3.63) is 35.5 Å². The summed E-state index contributed by atoms with van der Waals surface area (Å²) in [5.41, 5.74) is 0.0985. The van der Waals surface area contributed by atoms with Crippen molar-refractivity contribution in [2.45, 2.75) is 32.9 Å². The zero-order chi connectivity index (χ0) is 22.4. The summed E-state index contributed by atoms with van der Waals surface area (Å²) in [6.45, 7) is 4.41. The van der Waals surface area contributed by atoms with Crippen LogP contribution in [0, 0.1) is 5.92 Å². The number of sulfonamides is 1. The van der Waals surface area contributed by atoms with Crippen LogP contribution in [0.3, 0.4) is 0 Å². The Morgan fingerprint density at radius 1 is 1.27 bits per heavy atom. The van der Waals surface area contributed by atoms with Crippen molar-refractivity contribution in [1.82, 2.24) is 15.0 Å². The highest BCUT2D eigenvalue weighted by atomic mass is 32.2. The topological polar surface area (TPSA) is 109 Å². The van der Waals surface area contributed by atoms with E-state index in [2.05, 4.69) is 25.3 Å². The molecule has 0 radical (unpaired) electrons. The number of aromatic nitrogens is 2. The van der Waals surface area contributed by atoms with Gasteiger partial charge in [0.1, 0.15) is 0 Å². The van der Waals surface area contributed by atoms with E-state index in [-0.39, 0.29) is 18.2 Å². The largest absolute Gasteiger partial charge is 0.416 e. The lowest BCUT2D eigenvalue weighted by Gasteiger charge is -2.13. The fourth-order valence-corrected chi connectivity index (χ4v) is 3.02. The average Bonchev–Trinajstić information content (AvgIpc) is 3.12. The van der Waals surface area contributed by atoms with Crippen molar-refractivity contribution in [2.24, 2.45) is 10.9 Å². The lowest BCUT2D eigenvalue weighted by atomic mass is 9.99. The van der Waals surface area contributed by atoms with Crippen molar-refractivity contribution in [3.8, 4) is 0 Å². The summed E-state index contributed by atoms with van der Waals surface area (Å²) in [5.74, 6) is 0.166. The second kappa shape index (κ2) is 10.0. The van der Waals surface area contributed by atoms with Gasteiger partial charge in [0.05, 0.1) is 23.2 Å². The SMILES string of the molecule is CCC(C)C(=Nc1cccc(C(F)(F)F)c1)c1nonc1NCCCNS(C)(=O)=O. The molecule has 30 heavy (non-hydrogen) atoms. The Morgan fingerprint density at radius 3 is 2.63 bits per heavy atom. The summed E-state index contributed by atoms with van der Waals surface area (Å²) in [4.78, 5) is 4.41. The van der Waals surface area contributed by atoms with Crippen molar-refractivity contribution in [2.75, 3.05) is 24.7 Å². The van der Waals surface area contributed by atoms with E-state index >= 15 is 0 Å². The molecule has 0 bridgehead atoms. The number of rotatable bonds is 10. The quantitative estimate of drug-likeness (QED) is 0.425. The van der Waals surface area contributed by atoms with Crippen LogP contribution >= 0.6 is 0 Å². The molecular formula is C18H24F3N5O3S. The van der Waals surface area contributed by atoms with Crippen LogP contribution in [-0.2, 0) is 16.2 Å². The molecule has 0 amide bonds. The molecule has 1 heterocycles. The summed E-state index contributed by atoms with van der Waals surface area (Å²) in [5, 5.41) is 10.7. The number of nitrogens with zero attached hydrogens (tertiary/aromatic N) is 3. The van der Waals surface area contributed by atoms with Gasteiger partial charge < -0.3 is 5.32 Å². The minimum absolute atomic E-state index is 0.126. The first kappa shape index (κ1) is 23.8. The zero-order valence-corrected chi connectivity index (χ0v) is 17.6. The van der Waals surface area contributed by atoms with Crippen LogP contribution in [-0.4, -0.2) is 43.8 Å². The van der Waals surface area contributed by atoms with Crippen LogP contribution < -0.4 is 10.0 Å². The third-order valence-electron chi connectivity index (χ3n) is 4.24. The Hall–Kier alpha value is -2.47. The maximum absolute atomic E-state index is 13.0. The Kier molecular flexibility index (Phi) is 7.96. The molecular weight excluding hydrogens is 423 g/mol. The fourth-order valence-electron chi connectivity index (χ4n) is 2.51. The first-order valence-electron chi connectivity index (χ1n) is 9.28. The molecule has 1 aromatic heterocycles. The second-order valence-corrected chi connectivity index (χ2v) is 8.60. The van der Waals surface area contributed by atoms with Gasteiger partial charge in [-0.25, -0.2) is 17.8 Å². The molecule has 1 aromatic carbocycles. The first-order valence-corrected chi connectivity index (χ1v) is 11.2. The molecule has 0 fully saturated rings. The molecule has 0 aliphatic rings.